The molecule has 7 nitrogen and oxygen atoms in total. The summed E-state index contributed by atoms with van der Waals surface area (Å²) in [5.74, 6) is -0.867. The van der Waals surface area contributed by atoms with E-state index in [1.807, 2.05) is 0 Å². The molecule has 0 bridgehead atoms. The Hall–Kier alpha value is -1.74. The summed E-state index contributed by atoms with van der Waals surface area (Å²) in [6.07, 6.45) is 0. The molecule has 1 aromatic rings. The Labute approximate surface area is 122 Å². The molecular weight excluding hydrogens is 301 g/mol. The number of sulfonamides is 1. The van der Waals surface area contributed by atoms with Crippen LogP contribution in [0.4, 0.5) is 15.8 Å². The maximum absolute atomic E-state index is 13.6. The van der Waals surface area contributed by atoms with Crippen LogP contribution < -0.4 is 4.90 Å². The molecule has 0 spiro atoms. The third-order valence-electron chi connectivity index (χ3n) is 3.49. The van der Waals surface area contributed by atoms with E-state index in [0.29, 0.717) is 13.1 Å². The molecule has 0 radical (unpaired) electrons. The number of halogens is 1. The molecule has 0 unspecified atom stereocenters. The lowest BCUT2D eigenvalue weighted by molar-refractivity contribution is -0.386. The van der Waals surface area contributed by atoms with Crippen LogP contribution in [0.25, 0.3) is 0 Å². The van der Waals surface area contributed by atoms with Crippen LogP contribution in [0.3, 0.4) is 0 Å². The number of para-hydroxylation sites is 1. The first-order valence-corrected chi connectivity index (χ1v) is 8.13. The molecule has 0 amide bonds. The van der Waals surface area contributed by atoms with E-state index in [-0.39, 0.29) is 24.5 Å². The van der Waals surface area contributed by atoms with E-state index in [0.717, 1.165) is 6.07 Å². The van der Waals surface area contributed by atoms with Gasteiger partial charge in [0.15, 0.2) is 0 Å². The molecule has 1 aromatic carbocycles. The SMILES string of the molecule is CCS(=O)(=O)N1CCN(c2cccc(F)c2[N+](=O)[O-])CC1. The normalized spacial score (nSPS) is 17.0. The molecule has 1 aliphatic heterocycles. The molecule has 0 saturated carbocycles. The first-order valence-electron chi connectivity index (χ1n) is 6.52. The summed E-state index contributed by atoms with van der Waals surface area (Å²) in [5, 5.41) is 11.0. The molecule has 2 rings (SSSR count). The Kier molecular flexibility index (Phi) is 4.43. The van der Waals surface area contributed by atoms with Gasteiger partial charge >= 0.3 is 5.69 Å². The lowest BCUT2D eigenvalue weighted by Gasteiger charge is -2.34. The van der Waals surface area contributed by atoms with Crippen LogP contribution >= 0.6 is 0 Å². The van der Waals surface area contributed by atoms with E-state index < -0.39 is 26.5 Å². The lowest BCUT2D eigenvalue weighted by atomic mass is 10.2. The second kappa shape index (κ2) is 5.94. The molecule has 116 valence electrons. The number of nitro groups is 1. The Morgan fingerprint density at radius 1 is 1.29 bits per heavy atom. The van der Waals surface area contributed by atoms with Gasteiger partial charge in [0.25, 0.3) is 0 Å². The second-order valence-electron chi connectivity index (χ2n) is 4.65. The number of nitrogens with zero attached hydrogens (tertiary/aromatic N) is 3. The van der Waals surface area contributed by atoms with Crippen molar-refractivity contribution in [3.8, 4) is 0 Å². The minimum Gasteiger partial charge on any atom is -0.363 e. The summed E-state index contributed by atoms with van der Waals surface area (Å²) in [4.78, 5) is 11.9. The van der Waals surface area contributed by atoms with Crippen molar-refractivity contribution in [1.82, 2.24) is 4.31 Å². The minimum absolute atomic E-state index is 0.0209. The fraction of sp³-hybridized carbons (Fsp3) is 0.500. The smallest absolute Gasteiger partial charge is 0.327 e. The van der Waals surface area contributed by atoms with Gasteiger partial charge in [-0.25, -0.2) is 8.42 Å². The standard InChI is InChI=1S/C12H16FN3O4S/c1-2-21(19,20)15-8-6-14(7-9-15)11-5-3-4-10(13)12(11)16(17)18/h3-5H,2,6-9H2,1H3. The highest BCUT2D eigenvalue weighted by Crippen LogP contribution is 2.31. The van der Waals surface area contributed by atoms with Crippen LogP contribution in [0.15, 0.2) is 18.2 Å². The van der Waals surface area contributed by atoms with E-state index in [9.17, 15) is 22.9 Å². The van der Waals surface area contributed by atoms with Crippen LogP contribution in [-0.4, -0.2) is 49.6 Å². The monoisotopic (exact) mass is 317 g/mol. The zero-order valence-electron chi connectivity index (χ0n) is 11.5. The molecule has 1 fully saturated rings. The third kappa shape index (κ3) is 3.13. The number of hydrogen-bond acceptors (Lipinski definition) is 5. The van der Waals surface area contributed by atoms with Crippen molar-refractivity contribution in [3.05, 3.63) is 34.1 Å². The van der Waals surface area contributed by atoms with Crippen LogP contribution in [0.2, 0.25) is 0 Å². The first kappa shape index (κ1) is 15.6. The van der Waals surface area contributed by atoms with E-state index in [1.54, 1.807) is 11.8 Å². The molecule has 0 aliphatic carbocycles. The number of hydrogen-bond donors (Lipinski definition) is 0. The summed E-state index contributed by atoms with van der Waals surface area (Å²) in [6.45, 7) is 2.64. The summed E-state index contributed by atoms with van der Waals surface area (Å²) < 4.78 is 38.5. The largest absolute Gasteiger partial charge is 0.363 e. The van der Waals surface area contributed by atoms with Crippen molar-refractivity contribution >= 4 is 21.4 Å². The zero-order valence-corrected chi connectivity index (χ0v) is 12.3. The maximum atomic E-state index is 13.6. The van der Waals surface area contributed by atoms with E-state index in [2.05, 4.69) is 0 Å². The summed E-state index contributed by atoms with van der Waals surface area (Å²) in [7, 11) is -3.26. The van der Waals surface area contributed by atoms with Crippen molar-refractivity contribution in [2.45, 2.75) is 6.92 Å². The van der Waals surface area contributed by atoms with Crippen LogP contribution in [-0.2, 0) is 10.0 Å². The van der Waals surface area contributed by atoms with Crippen molar-refractivity contribution in [3.63, 3.8) is 0 Å². The molecule has 1 heterocycles. The lowest BCUT2D eigenvalue weighted by Crippen LogP contribution is -2.49. The summed E-state index contributed by atoms with van der Waals surface area (Å²) in [5.41, 5.74) is -0.377. The average molecular weight is 317 g/mol. The third-order valence-corrected chi connectivity index (χ3v) is 5.37. The summed E-state index contributed by atoms with van der Waals surface area (Å²) in [6, 6.07) is 3.93. The highest BCUT2D eigenvalue weighted by atomic mass is 32.2. The number of benzene rings is 1. The van der Waals surface area contributed by atoms with Gasteiger partial charge in [0, 0.05) is 26.2 Å². The predicted molar refractivity (Wildman–Crippen MR) is 76.3 cm³/mol. The molecule has 0 aromatic heterocycles. The average Bonchev–Trinajstić information content (AvgIpc) is 2.46. The van der Waals surface area contributed by atoms with Gasteiger partial charge in [-0.05, 0) is 19.1 Å². The maximum Gasteiger partial charge on any atom is 0.327 e. The van der Waals surface area contributed by atoms with Crippen molar-refractivity contribution in [1.29, 1.82) is 0 Å². The van der Waals surface area contributed by atoms with E-state index >= 15 is 0 Å². The number of nitro benzene ring substituents is 1. The fourth-order valence-electron chi connectivity index (χ4n) is 2.33. The second-order valence-corrected chi connectivity index (χ2v) is 6.91. The van der Waals surface area contributed by atoms with E-state index in [4.69, 9.17) is 0 Å². The number of rotatable bonds is 4. The van der Waals surface area contributed by atoms with Crippen LogP contribution in [0.5, 0.6) is 0 Å². The number of anilines is 1. The molecule has 9 heteroatoms. The first-order chi connectivity index (χ1) is 9.86. The van der Waals surface area contributed by atoms with Crippen LogP contribution in [0.1, 0.15) is 6.92 Å². The van der Waals surface area contributed by atoms with Crippen molar-refractivity contribution in [2.75, 3.05) is 36.8 Å². The molecule has 21 heavy (non-hydrogen) atoms. The zero-order chi connectivity index (χ0) is 15.6. The highest BCUT2D eigenvalue weighted by molar-refractivity contribution is 7.89. The summed E-state index contributed by atoms with van der Waals surface area (Å²) >= 11 is 0. The predicted octanol–water partition coefficient (Wildman–Crippen LogP) is 1.21. The Balaban J connectivity index is 2.21. The van der Waals surface area contributed by atoms with Gasteiger partial charge in [0.1, 0.15) is 5.69 Å². The molecule has 1 aliphatic rings. The molecule has 0 atom stereocenters. The van der Waals surface area contributed by atoms with Gasteiger partial charge in [-0.1, -0.05) is 6.07 Å². The minimum atomic E-state index is -3.26. The highest BCUT2D eigenvalue weighted by Gasteiger charge is 2.30. The van der Waals surface area contributed by atoms with Crippen molar-refractivity contribution < 1.29 is 17.7 Å². The van der Waals surface area contributed by atoms with Gasteiger partial charge in [-0.3, -0.25) is 10.1 Å². The topological polar surface area (TPSA) is 83.8 Å². The molecular formula is C12H16FN3O4S. The molecule has 1 saturated heterocycles. The molecule has 0 N–H and O–H groups in total. The fourth-order valence-corrected chi connectivity index (χ4v) is 3.41. The van der Waals surface area contributed by atoms with Gasteiger partial charge in [-0.2, -0.15) is 8.70 Å². The van der Waals surface area contributed by atoms with Gasteiger partial charge in [0.2, 0.25) is 15.8 Å². The van der Waals surface area contributed by atoms with Gasteiger partial charge in [0.05, 0.1) is 10.7 Å². The van der Waals surface area contributed by atoms with Crippen LogP contribution in [0, 0.1) is 15.9 Å². The van der Waals surface area contributed by atoms with Gasteiger partial charge in [-0.15, -0.1) is 0 Å². The number of piperazine rings is 1. The Bertz CT molecular complexity index is 642. The van der Waals surface area contributed by atoms with E-state index in [1.165, 1.54) is 16.4 Å². The Morgan fingerprint density at radius 3 is 2.43 bits per heavy atom. The Morgan fingerprint density at radius 2 is 1.90 bits per heavy atom. The quantitative estimate of drug-likeness (QED) is 0.615. The van der Waals surface area contributed by atoms with Crippen molar-refractivity contribution in [2.24, 2.45) is 0 Å². The van der Waals surface area contributed by atoms with Gasteiger partial charge < -0.3 is 4.90 Å².